The van der Waals surface area contributed by atoms with Crippen LogP contribution in [0.1, 0.15) is 24.0 Å². The Morgan fingerprint density at radius 2 is 2.00 bits per heavy atom. The van der Waals surface area contributed by atoms with Crippen molar-refractivity contribution in [2.45, 2.75) is 31.7 Å². The highest BCUT2D eigenvalue weighted by Gasteiger charge is 2.21. The number of rotatable bonds is 3. The fraction of sp³-hybridized carbons (Fsp3) is 0.600. The molecule has 1 aliphatic rings. The van der Waals surface area contributed by atoms with Gasteiger partial charge in [-0.3, -0.25) is 0 Å². The van der Waals surface area contributed by atoms with Gasteiger partial charge in [-0.15, -0.1) is 11.6 Å². The van der Waals surface area contributed by atoms with Crippen LogP contribution >= 0.6 is 11.6 Å². The minimum atomic E-state index is 0.591. The molecule has 3 heteroatoms. The summed E-state index contributed by atoms with van der Waals surface area (Å²) in [4.78, 5) is 4.83. The molecule has 1 heterocycles. The summed E-state index contributed by atoms with van der Waals surface area (Å²) < 4.78 is 0. The normalized spacial score (nSPS) is 18.0. The highest BCUT2D eigenvalue weighted by Crippen LogP contribution is 2.27. The second-order valence-corrected chi connectivity index (χ2v) is 5.68. The Kier molecular flexibility index (Phi) is 4.52. The average molecular weight is 267 g/mol. The third-order valence-corrected chi connectivity index (χ3v) is 4.28. The molecule has 1 aromatic carbocycles. The third-order valence-electron chi connectivity index (χ3n) is 3.99. The van der Waals surface area contributed by atoms with E-state index in [1.54, 1.807) is 0 Å². The quantitative estimate of drug-likeness (QED) is 0.775. The number of alkyl halides is 1. The van der Waals surface area contributed by atoms with Crippen LogP contribution in [-0.4, -0.2) is 38.1 Å². The Balaban J connectivity index is 2.15. The Morgan fingerprint density at radius 3 is 2.61 bits per heavy atom. The third kappa shape index (κ3) is 2.99. The van der Waals surface area contributed by atoms with Crippen molar-refractivity contribution >= 4 is 17.3 Å². The van der Waals surface area contributed by atoms with Crippen molar-refractivity contribution in [3.63, 3.8) is 0 Å². The maximum absolute atomic E-state index is 6.08. The molecule has 0 atom stereocenters. The molecular formula is C15H23ClN2. The number of anilines is 1. The van der Waals surface area contributed by atoms with Crippen molar-refractivity contribution in [1.29, 1.82) is 0 Å². The van der Waals surface area contributed by atoms with Crippen molar-refractivity contribution in [3.05, 3.63) is 29.3 Å². The molecule has 1 aliphatic heterocycles. The Labute approximate surface area is 116 Å². The first kappa shape index (κ1) is 13.7. The molecule has 0 radical (unpaired) electrons. The molecule has 2 nitrogen and oxygen atoms in total. The standard InChI is InChI=1S/C15H23ClN2/c1-12-4-5-15(13(10-12)11-16)18(3)14-6-8-17(2)9-7-14/h4-5,10,14H,6-9,11H2,1-3H3. The summed E-state index contributed by atoms with van der Waals surface area (Å²) in [5.41, 5.74) is 3.83. The molecule has 0 aromatic heterocycles. The second-order valence-electron chi connectivity index (χ2n) is 5.41. The first-order chi connectivity index (χ1) is 8.61. The minimum Gasteiger partial charge on any atom is -0.371 e. The zero-order valence-corrected chi connectivity index (χ0v) is 12.4. The van der Waals surface area contributed by atoms with Gasteiger partial charge in [0.25, 0.3) is 0 Å². The predicted molar refractivity (Wildman–Crippen MR) is 79.7 cm³/mol. The molecule has 0 bridgehead atoms. The van der Waals surface area contributed by atoms with Gasteiger partial charge in [-0.2, -0.15) is 0 Å². The summed E-state index contributed by atoms with van der Waals surface area (Å²) in [6.07, 6.45) is 2.48. The molecule has 100 valence electrons. The largest absolute Gasteiger partial charge is 0.371 e. The first-order valence-electron chi connectivity index (χ1n) is 6.68. The zero-order chi connectivity index (χ0) is 13.1. The van der Waals surface area contributed by atoms with E-state index in [0.29, 0.717) is 11.9 Å². The molecule has 0 spiro atoms. The molecule has 0 amide bonds. The maximum Gasteiger partial charge on any atom is 0.0494 e. The molecule has 18 heavy (non-hydrogen) atoms. The number of hydrogen-bond acceptors (Lipinski definition) is 2. The van der Waals surface area contributed by atoms with Crippen LogP contribution in [0.15, 0.2) is 18.2 Å². The highest BCUT2D eigenvalue weighted by atomic mass is 35.5. The number of hydrogen-bond donors (Lipinski definition) is 0. The SMILES string of the molecule is Cc1ccc(N(C)C2CCN(C)CC2)c(CCl)c1. The number of halogens is 1. The lowest BCUT2D eigenvalue weighted by Crippen LogP contribution is -2.42. The van der Waals surface area contributed by atoms with Crippen LogP contribution in [0, 0.1) is 6.92 Å². The molecule has 0 unspecified atom stereocenters. The van der Waals surface area contributed by atoms with Gasteiger partial charge in [0.2, 0.25) is 0 Å². The minimum absolute atomic E-state index is 0.591. The van der Waals surface area contributed by atoms with Crippen LogP contribution in [0.3, 0.4) is 0 Å². The number of aryl methyl sites for hydroxylation is 1. The molecular weight excluding hydrogens is 244 g/mol. The summed E-state index contributed by atoms with van der Waals surface area (Å²) in [6.45, 7) is 4.50. The number of benzene rings is 1. The Hall–Kier alpha value is -0.730. The van der Waals surface area contributed by atoms with Gasteiger partial charge >= 0.3 is 0 Å². The van der Waals surface area contributed by atoms with Gasteiger partial charge in [0.1, 0.15) is 0 Å². The van der Waals surface area contributed by atoms with Crippen LogP contribution in [0.2, 0.25) is 0 Å². The fourth-order valence-electron chi connectivity index (χ4n) is 2.74. The lowest BCUT2D eigenvalue weighted by atomic mass is 10.0. The van der Waals surface area contributed by atoms with Gasteiger partial charge in [0.15, 0.2) is 0 Å². The van der Waals surface area contributed by atoms with Crippen LogP contribution in [-0.2, 0) is 5.88 Å². The molecule has 2 rings (SSSR count). The summed E-state index contributed by atoms with van der Waals surface area (Å²) in [5.74, 6) is 0.591. The lowest BCUT2D eigenvalue weighted by molar-refractivity contribution is 0.253. The van der Waals surface area contributed by atoms with Crippen molar-refractivity contribution < 1.29 is 0 Å². The van der Waals surface area contributed by atoms with Crippen molar-refractivity contribution in [2.24, 2.45) is 0 Å². The van der Waals surface area contributed by atoms with Crippen LogP contribution < -0.4 is 4.90 Å². The van der Waals surface area contributed by atoms with Crippen LogP contribution in [0.4, 0.5) is 5.69 Å². The van der Waals surface area contributed by atoms with E-state index in [0.717, 1.165) is 0 Å². The number of piperidine rings is 1. The van der Waals surface area contributed by atoms with E-state index < -0.39 is 0 Å². The zero-order valence-electron chi connectivity index (χ0n) is 11.6. The van der Waals surface area contributed by atoms with Gasteiger partial charge in [0.05, 0.1) is 0 Å². The van der Waals surface area contributed by atoms with Gasteiger partial charge < -0.3 is 9.80 Å². The topological polar surface area (TPSA) is 6.48 Å². The van der Waals surface area contributed by atoms with Crippen LogP contribution in [0.5, 0.6) is 0 Å². The summed E-state index contributed by atoms with van der Waals surface area (Å²) in [6, 6.07) is 7.24. The molecule has 1 saturated heterocycles. The summed E-state index contributed by atoms with van der Waals surface area (Å²) in [7, 11) is 4.41. The van der Waals surface area contributed by atoms with Crippen molar-refractivity contribution in [3.8, 4) is 0 Å². The first-order valence-corrected chi connectivity index (χ1v) is 7.22. The smallest absolute Gasteiger partial charge is 0.0494 e. The van der Waals surface area contributed by atoms with Crippen molar-refractivity contribution in [2.75, 3.05) is 32.1 Å². The summed E-state index contributed by atoms with van der Waals surface area (Å²) >= 11 is 6.08. The molecule has 0 saturated carbocycles. The average Bonchev–Trinajstić information content (AvgIpc) is 2.38. The second kappa shape index (κ2) is 5.94. The van der Waals surface area contributed by atoms with E-state index in [1.165, 1.54) is 42.7 Å². The molecule has 1 fully saturated rings. The lowest BCUT2D eigenvalue weighted by Gasteiger charge is -2.37. The maximum atomic E-state index is 6.08. The van der Waals surface area contributed by atoms with E-state index in [4.69, 9.17) is 11.6 Å². The highest BCUT2D eigenvalue weighted by molar-refractivity contribution is 6.17. The van der Waals surface area contributed by atoms with Gasteiger partial charge in [-0.1, -0.05) is 17.7 Å². The number of nitrogens with zero attached hydrogens (tertiary/aromatic N) is 2. The number of likely N-dealkylation sites (tertiary alicyclic amines) is 1. The van der Waals surface area contributed by atoms with E-state index in [-0.39, 0.29) is 0 Å². The Morgan fingerprint density at radius 1 is 1.33 bits per heavy atom. The predicted octanol–water partition coefficient (Wildman–Crippen LogP) is 3.26. The van der Waals surface area contributed by atoms with Gasteiger partial charge in [-0.05, 0) is 51.5 Å². The molecule has 1 aromatic rings. The molecule has 0 aliphatic carbocycles. The van der Waals surface area contributed by atoms with E-state index in [1.807, 2.05) is 0 Å². The van der Waals surface area contributed by atoms with Gasteiger partial charge in [-0.25, -0.2) is 0 Å². The summed E-state index contributed by atoms with van der Waals surface area (Å²) in [5, 5.41) is 0. The Bertz CT molecular complexity index is 397. The van der Waals surface area contributed by atoms with E-state index in [2.05, 4.69) is 49.0 Å². The molecule has 0 N–H and O–H groups in total. The van der Waals surface area contributed by atoms with E-state index in [9.17, 15) is 0 Å². The monoisotopic (exact) mass is 266 g/mol. The van der Waals surface area contributed by atoms with E-state index >= 15 is 0 Å². The van der Waals surface area contributed by atoms with Crippen LogP contribution in [0.25, 0.3) is 0 Å². The van der Waals surface area contributed by atoms with Crippen molar-refractivity contribution in [1.82, 2.24) is 4.90 Å². The van der Waals surface area contributed by atoms with Gasteiger partial charge in [0, 0.05) is 24.7 Å². The fourth-order valence-corrected chi connectivity index (χ4v) is 2.96.